The van der Waals surface area contributed by atoms with Crippen LogP contribution < -0.4 is 17.0 Å². The number of aliphatic hydroxyl groups is 1. The van der Waals surface area contributed by atoms with Gasteiger partial charge in [-0.1, -0.05) is 12.2 Å². The molecule has 4 aromatic heterocycles. The zero-order valence-electron chi connectivity index (χ0n) is 23.6. The zero-order valence-corrected chi connectivity index (χ0v) is 26.4. The van der Waals surface area contributed by atoms with Crippen LogP contribution in [0.15, 0.2) is 29.7 Å². The lowest BCUT2D eigenvalue weighted by Gasteiger charge is -2.24. The Hall–Kier alpha value is -2.90. The number of nitrogen functional groups attached to an aromatic ring is 2. The van der Waals surface area contributed by atoms with Crippen LogP contribution in [0.5, 0.6) is 0 Å². The van der Waals surface area contributed by atoms with Gasteiger partial charge in [-0.05, 0) is 24.8 Å². The molecule has 0 aromatic carbocycles. The van der Waals surface area contributed by atoms with Crippen molar-refractivity contribution >= 4 is 61.3 Å². The number of nitrogens with one attached hydrogen (secondary N) is 1. The topological polar surface area (TPSA) is 267 Å². The normalized spacial score (nSPS) is 29.0. The summed E-state index contributed by atoms with van der Waals surface area (Å²) in [4.78, 5) is 40.8. The number of H-pyrrole nitrogens is 1. The Morgan fingerprint density at radius 3 is 2.76 bits per heavy atom. The quantitative estimate of drug-likeness (QED) is 0.0940. The highest BCUT2D eigenvalue weighted by atomic mass is 32.7. The molecule has 2 unspecified atom stereocenters. The van der Waals surface area contributed by atoms with Crippen molar-refractivity contribution in [3.63, 3.8) is 0 Å². The summed E-state index contributed by atoms with van der Waals surface area (Å²) < 4.78 is 56.2. The number of fused-ring (bicyclic) bond motifs is 2. The lowest BCUT2D eigenvalue weighted by atomic mass is 10.1. The molecule has 2 fully saturated rings. The molecule has 0 bridgehead atoms. The van der Waals surface area contributed by atoms with E-state index in [1.807, 2.05) is 4.57 Å². The standard InChI is InChI=1S/C23H31N9O10P2S/c1-38-16-14(7-40-44(36,37)45)41-22(32-9-28-15-20(32)29-23(25)30-21(15)34)17(16)42-43(35)39-6-10-4-12(13(33)5-10)31-3-2-11-18(24)26-8-27-19(11)31/h2-3,8-10,12-14,16-17,22,33,43H,4-7H2,1H3,(H2,24,26,27)(H2,36,37,45)(H3,25,29,30,34)/t10-,12+,13+,14+,16+,17+,22+/m0/s1. The summed E-state index contributed by atoms with van der Waals surface area (Å²) >= 11 is 3.53. The van der Waals surface area contributed by atoms with Crippen molar-refractivity contribution in [1.29, 1.82) is 0 Å². The van der Waals surface area contributed by atoms with Gasteiger partial charge in [0.15, 0.2) is 17.4 Å². The molecule has 5 heterocycles. The lowest BCUT2D eigenvalue weighted by molar-refractivity contribution is -0.0489. The van der Waals surface area contributed by atoms with Crippen LogP contribution in [0.1, 0.15) is 25.1 Å². The number of aromatic amines is 1. The summed E-state index contributed by atoms with van der Waals surface area (Å²) in [5.74, 6) is -0.00769. The summed E-state index contributed by atoms with van der Waals surface area (Å²) in [6.07, 6.45) is 0.298. The van der Waals surface area contributed by atoms with Crippen molar-refractivity contribution in [1.82, 2.24) is 34.1 Å². The summed E-state index contributed by atoms with van der Waals surface area (Å²) in [5, 5.41) is 11.5. The third kappa shape index (κ3) is 6.53. The molecule has 1 aliphatic heterocycles. The third-order valence-corrected chi connectivity index (χ3v) is 9.55. The SMILES string of the molecule is CO[C@H]1[C@@H](O[PH](=O)OC[C@@H]2C[C@@H](O)[C@H](n3ccc4c(N)ncnc43)C2)[C@H](n2cnc3c(=O)[nH]c(N)nc32)O[C@@H]1COP(=O)(O)S. The van der Waals surface area contributed by atoms with Crippen molar-refractivity contribution in [3.05, 3.63) is 35.3 Å². The minimum atomic E-state index is -4.19. The summed E-state index contributed by atoms with van der Waals surface area (Å²) in [5.41, 5.74) is 11.7. The number of methoxy groups -OCH3 is 1. The molecule has 19 nitrogen and oxygen atoms in total. The molecule has 0 radical (unpaired) electrons. The molecule has 244 valence electrons. The van der Waals surface area contributed by atoms with Gasteiger partial charge in [0.2, 0.25) is 5.95 Å². The molecule has 1 saturated carbocycles. The molecule has 22 heteroatoms. The Balaban J connectivity index is 1.17. The summed E-state index contributed by atoms with van der Waals surface area (Å²) in [6, 6.07) is 1.48. The molecule has 2 aliphatic rings. The number of nitrogens with two attached hydrogens (primary N) is 2. The van der Waals surface area contributed by atoms with Crippen molar-refractivity contribution < 1.29 is 42.2 Å². The molecule has 7 N–H and O–H groups in total. The van der Waals surface area contributed by atoms with Gasteiger partial charge in [0.05, 0.1) is 37.1 Å². The number of aromatic nitrogens is 7. The fourth-order valence-electron chi connectivity index (χ4n) is 5.89. The van der Waals surface area contributed by atoms with Crippen molar-refractivity contribution in [2.24, 2.45) is 5.92 Å². The van der Waals surface area contributed by atoms with E-state index in [0.717, 1.165) is 0 Å². The van der Waals surface area contributed by atoms with Gasteiger partial charge >= 0.3 is 15.1 Å². The molecule has 4 aromatic rings. The number of imidazole rings is 1. The first-order chi connectivity index (χ1) is 21.4. The molecule has 1 saturated heterocycles. The predicted molar refractivity (Wildman–Crippen MR) is 162 cm³/mol. The third-order valence-electron chi connectivity index (χ3n) is 7.85. The maximum absolute atomic E-state index is 13.2. The molecule has 9 atom stereocenters. The number of anilines is 2. The monoisotopic (exact) mass is 687 g/mol. The van der Waals surface area contributed by atoms with Crippen LogP contribution >= 0.6 is 27.3 Å². The number of aliphatic hydroxyl groups excluding tert-OH is 1. The number of thiol groups is 1. The van der Waals surface area contributed by atoms with Crippen LogP contribution in [-0.4, -0.2) is 88.8 Å². The molecule has 45 heavy (non-hydrogen) atoms. The number of ether oxygens (including phenoxy) is 2. The highest BCUT2D eigenvalue weighted by Crippen LogP contribution is 2.48. The Kier molecular flexibility index (Phi) is 9.06. The number of nitrogens with zero attached hydrogens (tertiary/aromatic N) is 6. The van der Waals surface area contributed by atoms with Crippen LogP contribution in [0, 0.1) is 5.92 Å². The first-order valence-electron chi connectivity index (χ1n) is 13.6. The first-order valence-corrected chi connectivity index (χ1v) is 17.6. The van der Waals surface area contributed by atoms with Gasteiger partial charge < -0.3 is 40.0 Å². The fraction of sp³-hybridized carbons (Fsp3) is 0.522. The van der Waals surface area contributed by atoms with Crippen LogP contribution in [0.2, 0.25) is 0 Å². The van der Waals surface area contributed by atoms with E-state index in [-0.39, 0.29) is 35.7 Å². The van der Waals surface area contributed by atoms with Gasteiger partial charge in [-0.25, -0.2) is 19.5 Å². The number of rotatable bonds is 11. The van der Waals surface area contributed by atoms with Gasteiger partial charge in [-0.15, -0.1) is 0 Å². The van der Waals surface area contributed by atoms with E-state index >= 15 is 0 Å². The highest BCUT2D eigenvalue weighted by molar-refractivity contribution is 8.44. The van der Waals surface area contributed by atoms with E-state index in [4.69, 9.17) is 34.5 Å². The zero-order chi connectivity index (χ0) is 32.0. The molecular weight excluding hydrogens is 656 g/mol. The smallest absolute Gasteiger partial charge is 0.383 e. The molecular formula is C23H31N9O10P2S. The Labute approximate surface area is 259 Å². The van der Waals surface area contributed by atoms with E-state index in [1.54, 1.807) is 12.3 Å². The Morgan fingerprint density at radius 1 is 1.20 bits per heavy atom. The van der Waals surface area contributed by atoms with E-state index in [1.165, 1.54) is 24.3 Å². The highest BCUT2D eigenvalue weighted by Gasteiger charge is 2.49. The number of hydrogen-bond donors (Lipinski definition) is 6. The maximum Gasteiger partial charge on any atom is 0.383 e. The van der Waals surface area contributed by atoms with E-state index in [0.29, 0.717) is 29.7 Å². The van der Waals surface area contributed by atoms with E-state index < -0.39 is 57.9 Å². The first kappa shape index (κ1) is 32.1. The number of hydrogen-bond acceptors (Lipinski definition) is 15. The van der Waals surface area contributed by atoms with Crippen molar-refractivity contribution in [3.8, 4) is 0 Å². The molecule has 1 aliphatic carbocycles. The average Bonchev–Trinajstić information content (AvgIpc) is 3.75. The molecule has 0 amide bonds. The average molecular weight is 688 g/mol. The van der Waals surface area contributed by atoms with E-state index in [2.05, 4.69) is 37.2 Å². The van der Waals surface area contributed by atoms with Gasteiger partial charge in [-0.2, -0.15) is 4.98 Å². The summed E-state index contributed by atoms with van der Waals surface area (Å²) in [6.45, 7) is -4.62. The second kappa shape index (κ2) is 12.7. The largest absolute Gasteiger partial charge is 0.391 e. The van der Waals surface area contributed by atoms with Gasteiger partial charge in [0.1, 0.15) is 36.1 Å². The van der Waals surface area contributed by atoms with Gasteiger partial charge in [0, 0.05) is 13.3 Å². The van der Waals surface area contributed by atoms with Crippen LogP contribution in [0.25, 0.3) is 22.2 Å². The second-order valence-corrected chi connectivity index (χ2v) is 14.4. The molecule has 6 rings (SSSR count). The predicted octanol–water partition coefficient (Wildman–Crippen LogP) is 0.792. The minimum Gasteiger partial charge on any atom is -0.391 e. The Bertz CT molecular complexity index is 1830. The minimum absolute atomic E-state index is 0.0128. The van der Waals surface area contributed by atoms with Gasteiger partial charge in [-0.3, -0.25) is 28.0 Å². The maximum atomic E-state index is 13.2. The van der Waals surface area contributed by atoms with Crippen molar-refractivity contribution in [2.75, 3.05) is 31.8 Å². The van der Waals surface area contributed by atoms with Crippen LogP contribution in [0.3, 0.4) is 0 Å². The second-order valence-electron chi connectivity index (χ2n) is 10.7. The molecule has 0 spiro atoms. The van der Waals surface area contributed by atoms with Crippen LogP contribution in [-0.2, 0) is 32.2 Å². The summed E-state index contributed by atoms with van der Waals surface area (Å²) in [7, 11) is -1.89. The Morgan fingerprint density at radius 2 is 2.00 bits per heavy atom. The lowest BCUT2D eigenvalue weighted by Crippen LogP contribution is -2.36. The fourth-order valence-corrected chi connectivity index (χ4v) is 7.35. The van der Waals surface area contributed by atoms with Crippen LogP contribution in [0.4, 0.5) is 11.8 Å². The van der Waals surface area contributed by atoms with Crippen molar-refractivity contribution in [2.45, 2.75) is 49.5 Å². The van der Waals surface area contributed by atoms with Gasteiger partial charge in [0.25, 0.3) is 5.56 Å². The van der Waals surface area contributed by atoms with E-state index in [9.17, 15) is 23.9 Å².